The van der Waals surface area contributed by atoms with Crippen LogP contribution in [0.3, 0.4) is 0 Å². The van der Waals surface area contributed by atoms with Crippen molar-refractivity contribution in [2.75, 3.05) is 0 Å². The maximum Gasteiger partial charge on any atom is 0.263 e. The van der Waals surface area contributed by atoms with E-state index in [-0.39, 0.29) is 24.1 Å². The molecule has 0 aromatic carbocycles. The molecule has 5 nitrogen and oxygen atoms in total. The predicted octanol–water partition coefficient (Wildman–Crippen LogP) is 4.37. The molecular formula is C20H23N3O2S2. The molecule has 0 spiro atoms. The van der Waals surface area contributed by atoms with Gasteiger partial charge in [-0.15, -0.1) is 22.7 Å². The minimum atomic E-state index is -0.131. The zero-order valence-electron chi connectivity index (χ0n) is 15.6. The molecule has 0 saturated heterocycles. The first-order chi connectivity index (χ1) is 13.1. The lowest BCUT2D eigenvalue weighted by Crippen LogP contribution is -2.46. The number of hydrogen-bond acceptors (Lipinski definition) is 5. The van der Waals surface area contributed by atoms with E-state index in [1.165, 1.54) is 35.1 Å². The summed E-state index contributed by atoms with van der Waals surface area (Å²) in [5.74, 6) is 0.00746. The van der Waals surface area contributed by atoms with Gasteiger partial charge in [0.1, 0.15) is 11.4 Å². The minimum absolute atomic E-state index is 0.00746. The number of thiophene rings is 2. The van der Waals surface area contributed by atoms with Crippen molar-refractivity contribution < 1.29 is 4.79 Å². The lowest BCUT2D eigenvalue weighted by molar-refractivity contribution is -0.136. The molecule has 1 fully saturated rings. The number of nitrogens with zero attached hydrogens (tertiary/aromatic N) is 3. The number of rotatable bonds is 5. The van der Waals surface area contributed by atoms with Crippen LogP contribution in [-0.2, 0) is 11.3 Å². The van der Waals surface area contributed by atoms with Crippen molar-refractivity contribution in [2.24, 2.45) is 0 Å². The van der Waals surface area contributed by atoms with Gasteiger partial charge in [0.15, 0.2) is 0 Å². The van der Waals surface area contributed by atoms with Gasteiger partial charge in [0.25, 0.3) is 5.56 Å². The predicted molar refractivity (Wildman–Crippen MR) is 111 cm³/mol. The SMILES string of the molecule is CC(C)N(C(=O)Cn1cnc2scc(-c3cccs3)c2c1=O)C1CCCC1. The number of carbonyl (C=O) groups is 1. The molecule has 1 aliphatic carbocycles. The molecule has 7 heteroatoms. The van der Waals surface area contributed by atoms with E-state index >= 15 is 0 Å². The Morgan fingerprint density at radius 2 is 2.11 bits per heavy atom. The standard InChI is InChI=1S/C20H23N3O2S2/c1-13(2)23(14-6-3-4-7-14)17(24)10-22-12-21-19-18(20(22)25)15(11-27-19)16-8-5-9-26-16/h5,8-9,11-14H,3-4,6-7,10H2,1-2H3. The van der Waals surface area contributed by atoms with E-state index in [1.807, 2.05) is 41.6 Å². The second-order valence-corrected chi connectivity index (χ2v) is 9.12. The first kappa shape index (κ1) is 18.4. The van der Waals surface area contributed by atoms with Gasteiger partial charge in [0.2, 0.25) is 5.91 Å². The summed E-state index contributed by atoms with van der Waals surface area (Å²) in [6.45, 7) is 4.15. The third-order valence-corrected chi connectivity index (χ3v) is 7.00. The van der Waals surface area contributed by atoms with E-state index in [0.717, 1.165) is 28.1 Å². The van der Waals surface area contributed by atoms with E-state index in [9.17, 15) is 9.59 Å². The van der Waals surface area contributed by atoms with E-state index < -0.39 is 0 Å². The molecule has 0 atom stereocenters. The van der Waals surface area contributed by atoms with Gasteiger partial charge < -0.3 is 4.90 Å². The Bertz CT molecular complexity index is 998. The average molecular weight is 402 g/mol. The van der Waals surface area contributed by atoms with Gasteiger partial charge in [-0.25, -0.2) is 4.98 Å². The van der Waals surface area contributed by atoms with Crippen molar-refractivity contribution in [3.8, 4) is 10.4 Å². The molecule has 3 heterocycles. The molecule has 4 rings (SSSR count). The van der Waals surface area contributed by atoms with Gasteiger partial charge in [0, 0.05) is 27.9 Å². The fraction of sp³-hybridized carbons (Fsp3) is 0.450. The van der Waals surface area contributed by atoms with Crippen molar-refractivity contribution in [2.45, 2.75) is 58.2 Å². The molecular weight excluding hydrogens is 378 g/mol. The molecule has 27 heavy (non-hydrogen) atoms. The van der Waals surface area contributed by atoms with Gasteiger partial charge >= 0.3 is 0 Å². The topological polar surface area (TPSA) is 55.2 Å². The average Bonchev–Trinajstić information content (AvgIpc) is 3.37. The maximum absolute atomic E-state index is 13.1. The van der Waals surface area contributed by atoms with Crippen LogP contribution in [0.15, 0.2) is 34.0 Å². The minimum Gasteiger partial charge on any atom is -0.336 e. The molecule has 3 aromatic rings. The lowest BCUT2D eigenvalue weighted by atomic mass is 10.1. The molecule has 1 amide bonds. The fourth-order valence-corrected chi connectivity index (χ4v) is 5.74. The highest BCUT2D eigenvalue weighted by Gasteiger charge is 2.29. The van der Waals surface area contributed by atoms with Crippen LogP contribution in [0.25, 0.3) is 20.7 Å². The summed E-state index contributed by atoms with van der Waals surface area (Å²) < 4.78 is 1.47. The Balaban J connectivity index is 1.67. The summed E-state index contributed by atoms with van der Waals surface area (Å²) in [7, 11) is 0. The quantitative estimate of drug-likeness (QED) is 0.638. The highest BCUT2D eigenvalue weighted by atomic mass is 32.1. The first-order valence-electron chi connectivity index (χ1n) is 9.38. The van der Waals surface area contributed by atoms with Crippen LogP contribution in [0, 0.1) is 0 Å². The Labute approximate surface area is 166 Å². The van der Waals surface area contributed by atoms with Gasteiger partial charge in [-0.1, -0.05) is 18.9 Å². The van der Waals surface area contributed by atoms with Crippen LogP contribution in [0.4, 0.5) is 0 Å². The van der Waals surface area contributed by atoms with Crippen molar-refractivity contribution in [3.05, 3.63) is 39.6 Å². The molecule has 1 aliphatic rings. The van der Waals surface area contributed by atoms with Crippen LogP contribution in [0.5, 0.6) is 0 Å². The summed E-state index contributed by atoms with van der Waals surface area (Å²) in [6, 6.07) is 4.42. The van der Waals surface area contributed by atoms with Crippen LogP contribution < -0.4 is 5.56 Å². The largest absolute Gasteiger partial charge is 0.336 e. The number of amides is 1. The Hall–Kier alpha value is -1.99. The van der Waals surface area contributed by atoms with Gasteiger partial charge in [-0.2, -0.15) is 0 Å². The lowest BCUT2D eigenvalue weighted by Gasteiger charge is -2.33. The van der Waals surface area contributed by atoms with E-state index in [4.69, 9.17) is 0 Å². The van der Waals surface area contributed by atoms with Gasteiger partial charge in [0.05, 0.1) is 11.7 Å². The van der Waals surface area contributed by atoms with Crippen LogP contribution in [-0.4, -0.2) is 32.4 Å². The Kier molecular flexibility index (Phi) is 5.14. The number of aromatic nitrogens is 2. The summed E-state index contributed by atoms with van der Waals surface area (Å²) in [6.07, 6.45) is 5.98. The van der Waals surface area contributed by atoms with Crippen LogP contribution in [0.1, 0.15) is 39.5 Å². The molecule has 0 bridgehead atoms. The zero-order chi connectivity index (χ0) is 19.0. The third-order valence-electron chi connectivity index (χ3n) is 5.22. The normalized spacial score (nSPS) is 15.1. The van der Waals surface area contributed by atoms with Crippen LogP contribution in [0.2, 0.25) is 0 Å². The Morgan fingerprint density at radius 1 is 1.33 bits per heavy atom. The van der Waals surface area contributed by atoms with Gasteiger partial charge in [-0.05, 0) is 38.1 Å². The van der Waals surface area contributed by atoms with Gasteiger partial charge in [-0.3, -0.25) is 14.2 Å². The van der Waals surface area contributed by atoms with E-state index in [0.29, 0.717) is 11.4 Å². The second kappa shape index (κ2) is 7.56. The van der Waals surface area contributed by atoms with E-state index in [2.05, 4.69) is 4.98 Å². The van der Waals surface area contributed by atoms with Crippen molar-refractivity contribution in [1.29, 1.82) is 0 Å². The summed E-state index contributed by atoms with van der Waals surface area (Å²) in [5, 5.41) is 4.60. The monoisotopic (exact) mass is 401 g/mol. The van der Waals surface area contributed by atoms with Crippen molar-refractivity contribution in [3.63, 3.8) is 0 Å². The van der Waals surface area contributed by atoms with Crippen molar-refractivity contribution >= 4 is 38.8 Å². The summed E-state index contributed by atoms with van der Waals surface area (Å²) in [5.41, 5.74) is 0.786. The highest BCUT2D eigenvalue weighted by molar-refractivity contribution is 7.18. The molecule has 0 N–H and O–H groups in total. The molecule has 0 unspecified atom stereocenters. The third kappa shape index (κ3) is 3.46. The number of carbonyl (C=O) groups excluding carboxylic acids is 1. The zero-order valence-corrected chi connectivity index (χ0v) is 17.2. The fourth-order valence-electron chi connectivity index (χ4n) is 4.02. The Morgan fingerprint density at radius 3 is 2.78 bits per heavy atom. The maximum atomic E-state index is 13.1. The van der Waals surface area contributed by atoms with Crippen LogP contribution >= 0.6 is 22.7 Å². The molecule has 1 saturated carbocycles. The number of hydrogen-bond donors (Lipinski definition) is 0. The molecule has 0 radical (unpaired) electrons. The summed E-state index contributed by atoms with van der Waals surface area (Å²) in [4.78, 5) is 34.3. The molecule has 0 aliphatic heterocycles. The smallest absolute Gasteiger partial charge is 0.263 e. The number of fused-ring (bicyclic) bond motifs is 1. The highest BCUT2D eigenvalue weighted by Crippen LogP contribution is 2.33. The second-order valence-electron chi connectivity index (χ2n) is 7.32. The first-order valence-corrected chi connectivity index (χ1v) is 11.1. The molecule has 142 valence electrons. The van der Waals surface area contributed by atoms with Crippen molar-refractivity contribution in [1.82, 2.24) is 14.5 Å². The summed E-state index contributed by atoms with van der Waals surface area (Å²) >= 11 is 3.08. The molecule has 3 aromatic heterocycles. The van der Waals surface area contributed by atoms with E-state index in [1.54, 1.807) is 11.3 Å².